The molecule has 1 unspecified atom stereocenters. The van der Waals surface area contributed by atoms with Crippen molar-refractivity contribution in [2.75, 3.05) is 0 Å². The molecule has 0 saturated heterocycles. The number of nitrogens with one attached hydrogen (secondary N) is 1. The number of nitrogens with zero attached hydrogens (tertiary/aromatic N) is 1. The topological polar surface area (TPSA) is 36.2 Å². The lowest BCUT2D eigenvalue weighted by atomic mass is 9.89. The summed E-state index contributed by atoms with van der Waals surface area (Å²) in [5.74, 6) is 0.492. The van der Waals surface area contributed by atoms with E-state index in [1.54, 1.807) is 0 Å². The number of hydrogen-bond donors (Lipinski definition) is 1. The normalized spacial score (nSPS) is 15.8. The van der Waals surface area contributed by atoms with E-state index in [1.807, 2.05) is 6.92 Å². The van der Waals surface area contributed by atoms with E-state index < -0.39 is 0 Å². The molecule has 0 aliphatic rings. The van der Waals surface area contributed by atoms with Gasteiger partial charge in [0.05, 0.1) is 0 Å². The predicted octanol–water partition coefficient (Wildman–Crippen LogP) is 7.06. The van der Waals surface area contributed by atoms with E-state index in [1.165, 1.54) is 42.2 Å². The SMILES string of the molecule is C=N\C(=C/C=C(/C(C)=C(C)/C=C(/C)C=N)C(C)CC)CCCCC. The third kappa shape index (κ3) is 8.24. The minimum atomic E-state index is 0.492. The number of allylic oxidation sites excluding steroid dienone is 8. The van der Waals surface area contributed by atoms with Crippen molar-refractivity contribution in [1.29, 1.82) is 5.41 Å². The second-order valence-corrected chi connectivity index (χ2v) is 6.55. The maximum atomic E-state index is 7.35. The molecule has 0 bridgehead atoms. The Morgan fingerprint density at radius 1 is 1.12 bits per heavy atom. The molecular weight excluding hydrogens is 292 g/mol. The molecule has 0 aromatic heterocycles. The summed E-state index contributed by atoms with van der Waals surface area (Å²) >= 11 is 0. The molecule has 0 spiro atoms. The quantitative estimate of drug-likeness (QED) is 0.239. The fourth-order valence-corrected chi connectivity index (χ4v) is 2.56. The van der Waals surface area contributed by atoms with Gasteiger partial charge in [-0.15, -0.1) is 0 Å². The lowest BCUT2D eigenvalue weighted by molar-refractivity contribution is 0.660. The molecule has 1 N–H and O–H groups in total. The van der Waals surface area contributed by atoms with Crippen molar-refractivity contribution in [3.8, 4) is 0 Å². The first-order valence-electron chi connectivity index (χ1n) is 9.15. The van der Waals surface area contributed by atoms with Crippen molar-refractivity contribution in [1.82, 2.24) is 0 Å². The van der Waals surface area contributed by atoms with Crippen LogP contribution in [-0.2, 0) is 0 Å². The third-order valence-electron chi connectivity index (χ3n) is 4.53. The van der Waals surface area contributed by atoms with Crippen molar-refractivity contribution >= 4 is 12.9 Å². The molecule has 0 heterocycles. The smallest absolute Gasteiger partial charge is 0.0396 e. The van der Waals surface area contributed by atoms with Crippen LogP contribution in [0.3, 0.4) is 0 Å². The molecule has 0 aliphatic heterocycles. The van der Waals surface area contributed by atoms with Gasteiger partial charge in [0.15, 0.2) is 0 Å². The summed E-state index contributed by atoms with van der Waals surface area (Å²) in [5, 5.41) is 7.35. The average Bonchev–Trinajstić information content (AvgIpc) is 2.59. The summed E-state index contributed by atoms with van der Waals surface area (Å²) in [6, 6.07) is 0. The minimum Gasteiger partial charge on any atom is -0.308 e. The summed E-state index contributed by atoms with van der Waals surface area (Å²) in [4.78, 5) is 4.19. The highest BCUT2D eigenvalue weighted by molar-refractivity contribution is 5.75. The average molecular weight is 329 g/mol. The first kappa shape index (κ1) is 22.3. The van der Waals surface area contributed by atoms with Crippen molar-refractivity contribution in [2.45, 2.75) is 73.6 Å². The van der Waals surface area contributed by atoms with Crippen LogP contribution in [0.15, 0.2) is 51.2 Å². The van der Waals surface area contributed by atoms with Gasteiger partial charge in [0.2, 0.25) is 0 Å². The Hall–Kier alpha value is -1.70. The first-order valence-corrected chi connectivity index (χ1v) is 9.15. The fraction of sp³-hybridized carbons (Fsp3) is 0.545. The standard InChI is InChI=1S/C22H36N2/c1-8-10-11-12-21(24-7)13-14-22(18(4)9-2)20(6)19(5)15-17(3)16-23/h13-16,18,23H,7-12H2,1-6H3/b17-15-,20-19+,21-13-,22-14+,23-16?. The van der Waals surface area contributed by atoms with Crippen LogP contribution in [0.25, 0.3) is 0 Å². The molecule has 0 fully saturated rings. The summed E-state index contributed by atoms with van der Waals surface area (Å²) in [5.41, 5.74) is 5.90. The fourth-order valence-electron chi connectivity index (χ4n) is 2.56. The van der Waals surface area contributed by atoms with E-state index in [0.29, 0.717) is 5.92 Å². The monoisotopic (exact) mass is 328 g/mol. The molecule has 2 heteroatoms. The molecular formula is C22H36N2. The Bertz CT molecular complexity index is 530. The van der Waals surface area contributed by atoms with E-state index in [0.717, 1.165) is 24.1 Å². The van der Waals surface area contributed by atoms with Gasteiger partial charge < -0.3 is 5.41 Å². The molecule has 24 heavy (non-hydrogen) atoms. The Labute approximate surface area is 149 Å². The van der Waals surface area contributed by atoms with Crippen molar-refractivity contribution in [3.05, 3.63) is 46.2 Å². The van der Waals surface area contributed by atoms with Crippen LogP contribution in [0.2, 0.25) is 0 Å². The van der Waals surface area contributed by atoms with Gasteiger partial charge in [-0.3, -0.25) is 4.99 Å². The molecule has 1 atom stereocenters. The predicted molar refractivity (Wildman–Crippen MR) is 110 cm³/mol. The zero-order valence-electron chi connectivity index (χ0n) is 16.6. The van der Waals surface area contributed by atoms with Gasteiger partial charge in [0, 0.05) is 11.9 Å². The van der Waals surface area contributed by atoms with E-state index in [4.69, 9.17) is 5.41 Å². The third-order valence-corrected chi connectivity index (χ3v) is 4.53. The van der Waals surface area contributed by atoms with Gasteiger partial charge in [0.25, 0.3) is 0 Å². The molecule has 0 rings (SSSR count). The highest BCUT2D eigenvalue weighted by Crippen LogP contribution is 2.26. The summed E-state index contributed by atoms with van der Waals surface area (Å²) in [7, 11) is 0. The van der Waals surface area contributed by atoms with Crippen LogP contribution in [0, 0.1) is 11.3 Å². The lowest BCUT2D eigenvalue weighted by Crippen LogP contribution is -2.01. The van der Waals surface area contributed by atoms with Gasteiger partial charge in [-0.05, 0) is 81.0 Å². The molecule has 0 aromatic carbocycles. The molecule has 0 saturated carbocycles. The summed E-state index contributed by atoms with van der Waals surface area (Å²) in [6.07, 6.45) is 13.6. The van der Waals surface area contributed by atoms with Crippen LogP contribution in [0.4, 0.5) is 0 Å². The number of hydrogen-bond acceptors (Lipinski definition) is 2. The molecule has 0 amide bonds. The van der Waals surface area contributed by atoms with E-state index >= 15 is 0 Å². The van der Waals surface area contributed by atoms with Gasteiger partial charge in [-0.25, -0.2) is 0 Å². The number of aliphatic imine (C=N–C) groups is 1. The minimum absolute atomic E-state index is 0.492. The highest BCUT2D eigenvalue weighted by Gasteiger charge is 2.10. The van der Waals surface area contributed by atoms with E-state index in [2.05, 4.69) is 64.6 Å². The first-order chi connectivity index (χ1) is 11.4. The Morgan fingerprint density at radius 3 is 2.29 bits per heavy atom. The van der Waals surface area contributed by atoms with Crippen molar-refractivity contribution in [3.63, 3.8) is 0 Å². The Balaban J connectivity index is 5.64. The number of rotatable bonds is 11. The largest absolute Gasteiger partial charge is 0.308 e. The molecule has 2 nitrogen and oxygen atoms in total. The van der Waals surface area contributed by atoms with Crippen LogP contribution in [0.1, 0.15) is 73.6 Å². The van der Waals surface area contributed by atoms with Crippen LogP contribution in [0.5, 0.6) is 0 Å². The zero-order valence-corrected chi connectivity index (χ0v) is 16.6. The van der Waals surface area contributed by atoms with E-state index in [-0.39, 0.29) is 0 Å². The van der Waals surface area contributed by atoms with Crippen molar-refractivity contribution < 1.29 is 0 Å². The van der Waals surface area contributed by atoms with Crippen LogP contribution in [-0.4, -0.2) is 12.9 Å². The van der Waals surface area contributed by atoms with Gasteiger partial charge in [-0.1, -0.05) is 45.8 Å². The van der Waals surface area contributed by atoms with Crippen molar-refractivity contribution in [2.24, 2.45) is 10.9 Å². The maximum Gasteiger partial charge on any atom is 0.0396 e. The maximum absolute atomic E-state index is 7.35. The second kappa shape index (κ2) is 12.7. The zero-order chi connectivity index (χ0) is 18.5. The van der Waals surface area contributed by atoms with E-state index in [9.17, 15) is 0 Å². The second-order valence-electron chi connectivity index (χ2n) is 6.55. The molecule has 0 aliphatic carbocycles. The summed E-state index contributed by atoms with van der Waals surface area (Å²) < 4.78 is 0. The molecule has 0 radical (unpaired) electrons. The Morgan fingerprint density at radius 2 is 1.79 bits per heavy atom. The van der Waals surface area contributed by atoms with Crippen LogP contribution >= 0.6 is 0 Å². The van der Waals surface area contributed by atoms with Crippen LogP contribution < -0.4 is 0 Å². The van der Waals surface area contributed by atoms with Gasteiger partial charge in [0.1, 0.15) is 0 Å². The highest BCUT2D eigenvalue weighted by atomic mass is 14.7. The summed E-state index contributed by atoms with van der Waals surface area (Å²) in [6.45, 7) is 16.7. The molecule has 134 valence electrons. The van der Waals surface area contributed by atoms with Gasteiger partial charge in [-0.2, -0.15) is 0 Å². The Kier molecular flexibility index (Phi) is 11.8. The van der Waals surface area contributed by atoms with Gasteiger partial charge >= 0.3 is 0 Å². The molecule has 0 aromatic rings. The number of unbranched alkanes of at least 4 members (excludes halogenated alkanes) is 2. The lowest BCUT2D eigenvalue weighted by Gasteiger charge is -2.17.